The van der Waals surface area contributed by atoms with Gasteiger partial charge in [0.2, 0.25) is 0 Å². The molecule has 92 valence electrons. The maximum absolute atomic E-state index is 9.99. The molecule has 0 unspecified atom stereocenters. The van der Waals surface area contributed by atoms with Gasteiger partial charge in [-0.1, -0.05) is 11.6 Å². The highest BCUT2D eigenvalue weighted by Gasteiger charge is 2.41. The molecule has 3 nitrogen and oxygen atoms in total. The summed E-state index contributed by atoms with van der Waals surface area (Å²) in [6.45, 7) is 0.652. The van der Waals surface area contributed by atoms with Crippen molar-refractivity contribution >= 4 is 11.6 Å². The SMILES string of the molecule is COc1cc(CC2(O)CC2)c(Cl)c2c1OCC2. The van der Waals surface area contributed by atoms with Gasteiger partial charge >= 0.3 is 0 Å². The van der Waals surface area contributed by atoms with Gasteiger partial charge in [-0.25, -0.2) is 0 Å². The first-order valence-corrected chi connectivity index (χ1v) is 6.24. The van der Waals surface area contributed by atoms with Crippen molar-refractivity contribution in [2.75, 3.05) is 13.7 Å². The highest BCUT2D eigenvalue weighted by Crippen LogP contribution is 2.46. The van der Waals surface area contributed by atoms with E-state index in [-0.39, 0.29) is 0 Å². The summed E-state index contributed by atoms with van der Waals surface area (Å²) in [6, 6.07) is 1.89. The molecule has 1 aromatic rings. The molecular formula is C13H15ClO3. The van der Waals surface area contributed by atoms with Crippen LogP contribution in [0.1, 0.15) is 24.0 Å². The molecule has 0 saturated heterocycles. The highest BCUT2D eigenvalue weighted by atomic mass is 35.5. The Morgan fingerprint density at radius 3 is 2.94 bits per heavy atom. The van der Waals surface area contributed by atoms with Crippen LogP contribution >= 0.6 is 11.6 Å². The molecule has 3 rings (SSSR count). The summed E-state index contributed by atoms with van der Waals surface area (Å²) in [4.78, 5) is 0. The molecule has 0 spiro atoms. The summed E-state index contributed by atoms with van der Waals surface area (Å²) in [5, 5.41) is 10.7. The normalized spacial score (nSPS) is 19.7. The molecule has 2 aliphatic rings. The lowest BCUT2D eigenvalue weighted by atomic mass is 10.0. The van der Waals surface area contributed by atoms with Gasteiger partial charge in [0.15, 0.2) is 11.5 Å². The van der Waals surface area contributed by atoms with Crippen LogP contribution in [0.5, 0.6) is 11.5 Å². The predicted molar refractivity (Wildman–Crippen MR) is 65.1 cm³/mol. The smallest absolute Gasteiger partial charge is 0.165 e. The van der Waals surface area contributed by atoms with Crippen LogP contribution in [0.25, 0.3) is 0 Å². The minimum absolute atomic E-state index is 0.539. The lowest BCUT2D eigenvalue weighted by Crippen LogP contribution is -2.11. The third-order valence-corrected chi connectivity index (χ3v) is 3.99. The van der Waals surface area contributed by atoms with Crippen molar-refractivity contribution in [1.82, 2.24) is 0 Å². The number of fused-ring (bicyclic) bond motifs is 1. The largest absolute Gasteiger partial charge is 0.493 e. The maximum atomic E-state index is 9.99. The molecule has 0 aromatic heterocycles. The van der Waals surface area contributed by atoms with Crippen LogP contribution in [0, 0.1) is 0 Å². The zero-order valence-corrected chi connectivity index (χ0v) is 10.5. The van der Waals surface area contributed by atoms with E-state index in [2.05, 4.69) is 0 Å². The van der Waals surface area contributed by atoms with E-state index in [0.717, 1.165) is 46.9 Å². The molecule has 1 aromatic carbocycles. The van der Waals surface area contributed by atoms with Gasteiger partial charge in [-0.2, -0.15) is 0 Å². The number of methoxy groups -OCH3 is 1. The summed E-state index contributed by atoms with van der Waals surface area (Å²) >= 11 is 6.37. The average Bonchev–Trinajstić information content (AvgIpc) is 2.85. The van der Waals surface area contributed by atoms with Crippen molar-refractivity contribution in [1.29, 1.82) is 0 Å². The quantitative estimate of drug-likeness (QED) is 0.900. The lowest BCUT2D eigenvalue weighted by molar-refractivity contribution is 0.151. The van der Waals surface area contributed by atoms with Crippen LogP contribution in [0.3, 0.4) is 0 Å². The van der Waals surface area contributed by atoms with Gasteiger partial charge in [-0.05, 0) is 24.5 Å². The van der Waals surface area contributed by atoms with E-state index in [1.165, 1.54) is 0 Å². The fourth-order valence-corrected chi connectivity index (χ4v) is 2.62. The number of halogens is 1. The topological polar surface area (TPSA) is 38.7 Å². The van der Waals surface area contributed by atoms with Crippen molar-refractivity contribution in [3.8, 4) is 11.5 Å². The highest BCUT2D eigenvalue weighted by molar-refractivity contribution is 6.32. The Kier molecular flexibility index (Phi) is 2.49. The number of hydrogen-bond acceptors (Lipinski definition) is 3. The molecule has 1 heterocycles. The van der Waals surface area contributed by atoms with Crippen molar-refractivity contribution in [2.24, 2.45) is 0 Å². The van der Waals surface area contributed by atoms with E-state index >= 15 is 0 Å². The van der Waals surface area contributed by atoms with Crippen LogP contribution in [-0.4, -0.2) is 24.4 Å². The fraction of sp³-hybridized carbons (Fsp3) is 0.538. The van der Waals surface area contributed by atoms with E-state index < -0.39 is 5.60 Å². The molecule has 17 heavy (non-hydrogen) atoms. The van der Waals surface area contributed by atoms with E-state index in [1.54, 1.807) is 7.11 Å². The van der Waals surface area contributed by atoms with Gasteiger partial charge in [0.25, 0.3) is 0 Å². The molecule has 0 radical (unpaired) electrons. The molecule has 0 bridgehead atoms. The van der Waals surface area contributed by atoms with Gasteiger partial charge < -0.3 is 14.6 Å². The first-order chi connectivity index (χ1) is 8.13. The minimum Gasteiger partial charge on any atom is -0.493 e. The Labute approximate surface area is 105 Å². The Bertz CT molecular complexity index is 466. The van der Waals surface area contributed by atoms with Crippen LogP contribution in [0.2, 0.25) is 5.02 Å². The van der Waals surface area contributed by atoms with E-state index in [1.807, 2.05) is 6.07 Å². The Hall–Kier alpha value is -0.930. The standard InChI is InChI=1S/C13H15ClO3/c1-16-10-6-8(7-13(15)3-4-13)11(14)9-2-5-17-12(9)10/h6,15H,2-5,7H2,1H3. The monoisotopic (exact) mass is 254 g/mol. The maximum Gasteiger partial charge on any atom is 0.165 e. The molecule has 1 aliphatic heterocycles. The second-order valence-corrected chi connectivity index (χ2v) is 5.24. The zero-order valence-electron chi connectivity index (χ0n) is 9.75. The molecule has 0 atom stereocenters. The molecule has 1 fully saturated rings. The van der Waals surface area contributed by atoms with E-state index in [9.17, 15) is 5.11 Å². The van der Waals surface area contributed by atoms with Crippen molar-refractivity contribution in [2.45, 2.75) is 31.3 Å². The Morgan fingerprint density at radius 2 is 2.29 bits per heavy atom. The van der Waals surface area contributed by atoms with Crippen molar-refractivity contribution < 1.29 is 14.6 Å². The molecule has 1 saturated carbocycles. The number of aliphatic hydroxyl groups is 1. The van der Waals surface area contributed by atoms with Crippen molar-refractivity contribution in [3.05, 3.63) is 22.2 Å². The average molecular weight is 255 g/mol. The zero-order chi connectivity index (χ0) is 12.0. The van der Waals surface area contributed by atoms with Crippen LogP contribution < -0.4 is 9.47 Å². The molecule has 1 N–H and O–H groups in total. The second-order valence-electron chi connectivity index (χ2n) is 4.86. The molecule has 0 amide bonds. The summed E-state index contributed by atoms with van der Waals surface area (Å²) in [6.07, 6.45) is 3.14. The van der Waals surface area contributed by atoms with Crippen molar-refractivity contribution in [3.63, 3.8) is 0 Å². The number of hydrogen-bond donors (Lipinski definition) is 1. The predicted octanol–water partition coefficient (Wildman–Crippen LogP) is 2.35. The minimum atomic E-state index is -0.539. The van der Waals surface area contributed by atoms with Gasteiger partial charge in [0.05, 0.1) is 24.3 Å². The lowest BCUT2D eigenvalue weighted by Gasteiger charge is -2.14. The summed E-state index contributed by atoms with van der Waals surface area (Å²) in [7, 11) is 1.63. The molecular weight excluding hydrogens is 240 g/mol. The van der Waals surface area contributed by atoms with Gasteiger partial charge in [-0.3, -0.25) is 0 Å². The number of benzene rings is 1. The second kappa shape index (κ2) is 3.79. The third kappa shape index (κ3) is 1.87. The summed E-state index contributed by atoms with van der Waals surface area (Å²) in [5.41, 5.74) is 1.44. The molecule has 1 aliphatic carbocycles. The Balaban J connectivity index is 2.03. The molecule has 4 heteroatoms. The van der Waals surface area contributed by atoms with Gasteiger partial charge in [-0.15, -0.1) is 0 Å². The third-order valence-electron chi connectivity index (χ3n) is 3.52. The van der Waals surface area contributed by atoms with Crippen LogP contribution in [0.4, 0.5) is 0 Å². The fourth-order valence-electron chi connectivity index (χ4n) is 2.32. The van der Waals surface area contributed by atoms with Crippen LogP contribution in [0.15, 0.2) is 6.07 Å². The van der Waals surface area contributed by atoms with E-state index in [4.69, 9.17) is 21.1 Å². The first kappa shape index (κ1) is 11.2. The summed E-state index contributed by atoms with van der Waals surface area (Å²) in [5.74, 6) is 1.49. The van der Waals surface area contributed by atoms with Gasteiger partial charge in [0, 0.05) is 18.4 Å². The number of ether oxygens (including phenoxy) is 2. The first-order valence-electron chi connectivity index (χ1n) is 5.86. The number of rotatable bonds is 3. The van der Waals surface area contributed by atoms with Gasteiger partial charge in [0.1, 0.15) is 0 Å². The summed E-state index contributed by atoms with van der Waals surface area (Å²) < 4.78 is 10.9. The van der Waals surface area contributed by atoms with Crippen LogP contribution in [-0.2, 0) is 12.8 Å². The van der Waals surface area contributed by atoms with E-state index in [0.29, 0.717) is 13.0 Å². The Morgan fingerprint density at radius 1 is 1.53 bits per heavy atom.